The van der Waals surface area contributed by atoms with Crippen molar-refractivity contribution in [3.05, 3.63) is 41.7 Å². The van der Waals surface area contributed by atoms with Gasteiger partial charge in [-0.3, -0.25) is 4.79 Å². The maximum Gasteiger partial charge on any atom is 0.251 e. The Morgan fingerprint density at radius 3 is 2.81 bits per heavy atom. The van der Waals surface area contributed by atoms with Crippen molar-refractivity contribution < 1.29 is 4.79 Å². The van der Waals surface area contributed by atoms with E-state index >= 15 is 0 Å². The molecule has 1 aromatic carbocycles. The zero-order chi connectivity index (χ0) is 18.5. The summed E-state index contributed by atoms with van der Waals surface area (Å²) < 4.78 is 1.73. The summed E-state index contributed by atoms with van der Waals surface area (Å²) in [7, 11) is 2.05. The molecule has 0 unspecified atom stereocenters. The summed E-state index contributed by atoms with van der Waals surface area (Å²) in [5.41, 5.74) is 2.44. The van der Waals surface area contributed by atoms with Crippen LogP contribution in [-0.4, -0.2) is 45.4 Å². The predicted octanol–water partition coefficient (Wildman–Crippen LogP) is 3.03. The van der Waals surface area contributed by atoms with Crippen LogP contribution in [0.15, 0.2) is 30.5 Å². The highest BCUT2D eigenvalue weighted by molar-refractivity contribution is 5.94. The third-order valence-corrected chi connectivity index (χ3v) is 5.24. The highest BCUT2D eigenvalue weighted by atomic mass is 16.1. The third kappa shape index (κ3) is 4.69. The molecule has 2 aromatic rings. The molecule has 0 aliphatic heterocycles. The third-order valence-electron chi connectivity index (χ3n) is 5.24. The molecule has 3 rings (SSSR count). The molecule has 1 aromatic heterocycles. The maximum absolute atomic E-state index is 12.6. The number of benzene rings is 1. The lowest BCUT2D eigenvalue weighted by Gasteiger charge is -2.26. The van der Waals surface area contributed by atoms with Crippen molar-refractivity contribution in [1.82, 2.24) is 25.2 Å². The number of carbonyl (C=O) groups excluding carboxylic acids is 1. The van der Waals surface area contributed by atoms with Gasteiger partial charge < -0.3 is 10.2 Å². The molecule has 6 nitrogen and oxygen atoms in total. The van der Waals surface area contributed by atoms with E-state index in [4.69, 9.17) is 0 Å². The average molecular weight is 355 g/mol. The molecule has 6 heteroatoms. The van der Waals surface area contributed by atoms with Gasteiger partial charge in [-0.15, -0.1) is 5.10 Å². The lowest BCUT2D eigenvalue weighted by Crippen LogP contribution is -2.37. The van der Waals surface area contributed by atoms with Crippen LogP contribution in [0.4, 0.5) is 0 Å². The van der Waals surface area contributed by atoms with Crippen molar-refractivity contribution in [2.75, 3.05) is 13.6 Å². The molecule has 1 heterocycles. The number of hydrogen-bond acceptors (Lipinski definition) is 4. The van der Waals surface area contributed by atoms with Crippen molar-refractivity contribution in [2.45, 2.75) is 52.1 Å². The molecule has 0 atom stereocenters. The Bertz CT molecular complexity index is 733. The fourth-order valence-corrected chi connectivity index (χ4v) is 3.35. The zero-order valence-electron chi connectivity index (χ0n) is 16.0. The zero-order valence-corrected chi connectivity index (χ0v) is 16.0. The normalized spacial score (nSPS) is 20.3. The molecule has 1 aliphatic carbocycles. The van der Waals surface area contributed by atoms with Crippen LogP contribution in [-0.2, 0) is 6.54 Å². The van der Waals surface area contributed by atoms with Crippen LogP contribution in [0.25, 0.3) is 5.69 Å². The first-order chi connectivity index (χ1) is 12.5. The Labute approximate surface area is 155 Å². The van der Waals surface area contributed by atoms with E-state index in [0.29, 0.717) is 11.6 Å². The Morgan fingerprint density at radius 1 is 1.31 bits per heavy atom. The lowest BCUT2D eigenvalue weighted by molar-refractivity contribution is 0.0923. The van der Waals surface area contributed by atoms with Gasteiger partial charge in [-0.05, 0) is 63.4 Å². The van der Waals surface area contributed by atoms with Gasteiger partial charge in [0, 0.05) is 18.2 Å². The Kier molecular flexibility index (Phi) is 6.04. The standard InChI is InChI=1S/C20H29N5O/c1-4-24(3)13-18-14-25(23-22-18)19-7-5-6-16(12-19)20(26)21-17-10-8-15(2)9-11-17/h5-7,12,14-15,17H,4,8-11,13H2,1-3H3,(H,21,26). The number of carbonyl (C=O) groups is 1. The van der Waals surface area contributed by atoms with Gasteiger partial charge >= 0.3 is 0 Å². The van der Waals surface area contributed by atoms with Crippen molar-refractivity contribution in [2.24, 2.45) is 5.92 Å². The minimum Gasteiger partial charge on any atom is -0.349 e. The monoisotopic (exact) mass is 355 g/mol. The van der Waals surface area contributed by atoms with Crippen LogP contribution in [0.5, 0.6) is 0 Å². The van der Waals surface area contributed by atoms with Gasteiger partial charge in [0.15, 0.2) is 0 Å². The molecule has 0 saturated heterocycles. The fourth-order valence-electron chi connectivity index (χ4n) is 3.35. The molecular weight excluding hydrogens is 326 g/mol. The topological polar surface area (TPSA) is 63.1 Å². The smallest absolute Gasteiger partial charge is 0.251 e. The quantitative estimate of drug-likeness (QED) is 0.865. The van der Waals surface area contributed by atoms with Crippen molar-refractivity contribution in [1.29, 1.82) is 0 Å². The molecule has 26 heavy (non-hydrogen) atoms. The first-order valence-corrected chi connectivity index (χ1v) is 9.56. The molecule has 0 spiro atoms. The van der Waals surface area contributed by atoms with Gasteiger partial charge in [-0.25, -0.2) is 4.68 Å². The molecule has 1 saturated carbocycles. The van der Waals surface area contributed by atoms with E-state index < -0.39 is 0 Å². The van der Waals surface area contributed by atoms with E-state index in [-0.39, 0.29) is 5.91 Å². The van der Waals surface area contributed by atoms with Gasteiger partial charge in [-0.2, -0.15) is 0 Å². The predicted molar refractivity (Wildman–Crippen MR) is 102 cm³/mol. The van der Waals surface area contributed by atoms with Crippen LogP contribution in [0, 0.1) is 5.92 Å². The van der Waals surface area contributed by atoms with E-state index in [9.17, 15) is 4.79 Å². The molecule has 1 aliphatic rings. The minimum absolute atomic E-state index is 0.00235. The average Bonchev–Trinajstić information content (AvgIpc) is 3.12. The second-order valence-electron chi connectivity index (χ2n) is 7.47. The van der Waals surface area contributed by atoms with Crippen LogP contribution in [0.3, 0.4) is 0 Å². The summed E-state index contributed by atoms with van der Waals surface area (Å²) in [6, 6.07) is 7.87. The van der Waals surface area contributed by atoms with Crippen molar-refractivity contribution >= 4 is 5.91 Å². The fraction of sp³-hybridized carbons (Fsp3) is 0.550. The lowest BCUT2D eigenvalue weighted by atomic mass is 9.87. The van der Waals surface area contributed by atoms with Gasteiger partial charge in [-0.1, -0.05) is 25.1 Å². The molecule has 1 amide bonds. The molecule has 140 valence electrons. The van der Waals surface area contributed by atoms with E-state index in [1.165, 1.54) is 12.8 Å². The minimum atomic E-state index is -0.00235. The first-order valence-electron chi connectivity index (χ1n) is 9.56. The van der Waals surface area contributed by atoms with Gasteiger partial charge in [0.1, 0.15) is 0 Å². The van der Waals surface area contributed by atoms with E-state index in [0.717, 1.165) is 43.2 Å². The summed E-state index contributed by atoms with van der Waals surface area (Å²) >= 11 is 0. The maximum atomic E-state index is 12.6. The Morgan fingerprint density at radius 2 is 2.08 bits per heavy atom. The highest BCUT2D eigenvalue weighted by Gasteiger charge is 2.20. The van der Waals surface area contributed by atoms with Gasteiger partial charge in [0.25, 0.3) is 5.91 Å². The SMILES string of the molecule is CCN(C)Cc1cn(-c2cccc(C(=O)NC3CCC(C)CC3)c2)nn1. The number of nitrogens with one attached hydrogen (secondary N) is 1. The molecule has 1 N–H and O–H groups in total. The van der Waals surface area contributed by atoms with Crippen LogP contribution < -0.4 is 5.32 Å². The molecule has 0 bridgehead atoms. The second kappa shape index (κ2) is 8.45. The highest BCUT2D eigenvalue weighted by Crippen LogP contribution is 2.23. The Balaban J connectivity index is 1.67. The summed E-state index contributed by atoms with van der Waals surface area (Å²) in [5, 5.41) is 11.6. The van der Waals surface area contributed by atoms with Crippen molar-refractivity contribution in [3.63, 3.8) is 0 Å². The Hall–Kier alpha value is -2.21. The number of amides is 1. The molecular formula is C20H29N5O. The van der Waals surface area contributed by atoms with E-state index in [2.05, 4.69) is 41.4 Å². The number of hydrogen-bond donors (Lipinski definition) is 1. The summed E-state index contributed by atoms with van der Waals surface area (Å²) in [6.45, 7) is 6.12. The number of rotatable bonds is 6. The molecule has 0 radical (unpaired) electrons. The van der Waals surface area contributed by atoms with Crippen LogP contribution in [0.2, 0.25) is 0 Å². The summed E-state index contributed by atoms with van der Waals surface area (Å²) in [5.74, 6) is 0.775. The van der Waals surface area contributed by atoms with Gasteiger partial charge in [0.05, 0.1) is 17.6 Å². The second-order valence-corrected chi connectivity index (χ2v) is 7.47. The van der Waals surface area contributed by atoms with Crippen LogP contribution >= 0.6 is 0 Å². The largest absolute Gasteiger partial charge is 0.349 e. The van der Waals surface area contributed by atoms with Crippen LogP contribution in [0.1, 0.15) is 55.6 Å². The summed E-state index contributed by atoms with van der Waals surface area (Å²) in [4.78, 5) is 14.8. The van der Waals surface area contributed by atoms with E-state index in [1.807, 2.05) is 30.5 Å². The number of nitrogens with zero attached hydrogens (tertiary/aromatic N) is 4. The van der Waals surface area contributed by atoms with E-state index in [1.54, 1.807) is 4.68 Å². The molecule has 1 fully saturated rings. The summed E-state index contributed by atoms with van der Waals surface area (Å²) in [6.07, 6.45) is 6.46. The van der Waals surface area contributed by atoms with Crippen molar-refractivity contribution in [3.8, 4) is 5.69 Å². The van der Waals surface area contributed by atoms with Gasteiger partial charge in [0.2, 0.25) is 0 Å². The number of aromatic nitrogens is 3. The first kappa shape index (κ1) is 18.6.